The molecule has 1 saturated carbocycles. The molecule has 0 spiro atoms. The SMILES string of the molecule is CCc1cc(N)c2c(OC3CCC(CO)CC3)cccc2n1.O=C=O. The summed E-state index contributed by atoms with van der Waals surface area (Å²) < 4.78 is 6.21. The summed E-state index contributed by atoms with van der Waals surface area (Å²) in [7, 11) is 0. The Hall–Kier alpha value is -2.43. The van der Waals surface area contributed by atoms with Crippen LogP contribution < -0.4 is 10.5 Å². The summed E-state index contributed by atoms with van der Waals surface area (Å²) >= 11 is 0. The van der Waals surface area contributed by atoms with Crippen molar-refractivity contribution in [1.82, 2.24) is 4.98 Å². The molecule has 1 aromatic carbocycles. The van der Waals surface area contributed by atoms with Gasteiger partial charge < -0.3 is 15.6 Å². The van der Waals surface area contributed by atoms with Crippen molar-refractivity contribution in [2.75, 3.05) is 12.3 Å². The lowest BCUT2D eigenvalue weighted by atomic mass is 9.88. The standard InChI is InChI=1S/C18H24N2O2.CO2/c1-2-13-10-15(19)18-16(20-13)4-3-5-17(18)22-14-8-6-12(11-21)7-9-14;2-1-3/h3-5,10,12,14,21H,2,6-9,11H2,1H3,(H2,19,20);. The number of aliphatic hydroxyl groups is 1. The lowest BCUT2D eigenvalue weighted by molar-refractivity contribution is -0.191. The number of fused-ring (bicyclic) bond motifs is 1. The first-order valence-corrected chi connectivity index (χ1v) is 8.57. The van der Waals surface area contributed by atoms with Crippen LogP contribution in [0.25, 0.3) is 10.9 Å². The molecule has 0 atom stereocenters. The van der Waals surface area contributed by atoms with Crippen LogP contribution in [0.1, 0.15) is 38.3 Å². The first-order chi connectivity index (χ1) is 12.1. The van der Waals surface area contributed by atoms with Crippen LogP contribution in [0.2, 0.25) is 0 Å². The van der Waals surface area contributed by atoms with E-state index in [-0.39, 0.29) is 18.9 Å². The first kappa shape index (κ1) is 18.9. The number of aliphatic hydroxyl groups excluding tert-OH is 1. The summed E-state index contributed by atoms with van der Waals surface area (Å²) in [6, 6.07) is 7.88. The minimum Gasteiger partial charge on any atom is -0.490 e. The number of nitrogens with zero attached hydrogens (tertiary/aromatic N) is 1. The summed E-state index contributed by atoms with van der Waals surface area (Å²) in [5.74, 6) is 1.27. The fourth-order valence-corrected chi connectivity index (χ4v) is 3.23. The maximum absolute atomic E-state index is 9.23. The molecule has 6 nitrogen and oxygen atoms in total. The minimum absolute atomic E-state index is 0.207. The number of benzene rings is 1. The molecule has 0 bridgehead atoms. The molecule has 0 amide bonds. The largest absolute Gasteiger partial charge is 0.490 e. The molecule has 0 saturated heterocycles. The van der Waals surface area contributed by atoms with Gasteiger partial charge in [0.15, 0.2) is 0 Å². The average molecular weight is 344 g/mol. The van der Waals surface area contributed by atoms with Crippen molar-refractivity contribution in [2.24, 2.45) is 5.92 Å². The Morgan fingerprint density at radius 3 is 2.56 bits per heavy atom. The van der Waals surface area contributed by atoms with Gasteiger partial charge >= 0.3 is 6.15 Å². The third-order valence-electron chi connectivity index (χ3n) is 4.59. The van der Waals surface area contributed by atoms with E-state index in [1.165, 1.54) is 0 Å². The molecule has 0 unspecified atom stereocenters. The van der Waals surface area contributed by atoms with E-state index in [9.17, 15) is 5.11 Å². The molecule has 6 heteroatoms. The van der Waals surface area contributed by atoms with E-state index in [4.69, 9.17) is 20.1 Å². The highest BCUT2D eigenvalue weighted by Gasteiger charge is 2.22. The maximum Gasteiger partial charge on any atom is 0.373 e. The van der Waals surface area contributed by atoms with Crippen molar-refractivity contribution >= 4 is 22.7 Å². The van der Waals surface area contributed by atoms with Crippen LogP contribution in [0, 0.1) is 5.92 Å². The number of ether oxygens (including phenoxy) is 1. The monoisotopic (exact) mass is 344 g/mol. The Balaban J connectivity index is 0.000000701. The summed E-state index contributed by atoms with van der Waals surface area (Å²) in [5, 5.41) is 10.1. The first-order valence-electron chi connectivity index (χ1n) is 8.57. The molecule has 3 N–H and O–H groups in total. The predicted octanol–water partition coefficient (Wildman–Crippen LogP) is 2.73. The minimum atomic E-state index is 0.207. The smallest absolute Gasteiger partial charge is 0.373 e. The number of aromatic nitrogens is 1. The number of rotatable bonds is 4. The molecular weight excluding hydrogens is 320 g/mol. The van der Waals surface area contributed by atoms with Gasteiger partial charge in [-0.1, -0.05) is 13.0 Å². The summed E-state index contributed by atoms with van der Waals surface area (Å²) in [4.78, 5) is 20.9. The van der Waals surface area contributed by atoms with Crippen molar-refractivity contribution < 1.29 is 19.4 Å². The molecule has 1 aliphatic rings. The van der Waals surface area contributed by atoms with Gasteiger partial charge in [-0.15, -0.1) is 0 Å². The van der Waals surface area contributed by atoms with Gasteiger partial charge in [0.2, 0.25) is 0 Å². The fraction of sp³-hybridized carbons (Fsp3) is 0.474. The summed E-state index contributed by atoms with van der Waals surface area (Å²) in [6.07, 6.45) is 5.36. The van der Waals surface area contributed by atoms with Gasteiger partial charge in [-0.05, 0) is 56.2 Å². The number of aryl methyl sites for hydroxylation is 1. The second-order valence-corrected chi connectivity index (χ2v) is 6.23. The second-order valence-electron chi connectivity index (χ2n) is 6.23. The van der Waals surface area contributed by atoms with Gasteiger partial charge in [0.05, 0.1) is 17.0 Å². The van der Waals surface area contributed by atoms with Gasteiger partial charge in [0.1, 0.15) is 5.75 Å². The molecule has 1 fully saturated rings. The maximum atomic E-state index is 9.23. The lowest BCUT2D eigenvalue weighted by Gasteiger charge is -2.28. The van der Waals surface area contributed by atoms with Crippen molar-refractivity contribution in [2.45, 2.75) is 45.1 Å². The van der Waals surface area contributed by atoms with Crippen molar-refractivity contribution in [1.29, 1.82) is 0 Å². The number of nitrogen functional groups attached to an aromatic ring is 1. The molecule has 1 aliphatic carbocycles. The highest BCUT2D eigenvalue weighted by atomic mass is 16.5. The van der Waals surface area contributed by atoms with Crippen LogP contribution in [0.3, 0.4) is 0 Å². The average Bonchev–Trinajstić information content (AvgIpc) is 2.63. The second kappa shape index (κ2) is 9.16. The Kier molecular flexibility index (Phi) is 6.92. The third-order valence-corrected chi connectivity index (χ3v) is 4.59. The number of anilines is 1. The van der Waals surface area contributed by atoms with Crippen molar-refractivity contribution in [3.63, 3.8) is 0 Å². The quantitative estimate of drug-likeness (QED) is 0.884. The van der Waals surface area contributed by atoms with E-state index in [0.717, 1.165) is 60.1 Å². The van der Waals surface area contributed by atoms with Crippen molar-refractivity contribution in [3.05, 3.63) is 30.0 Å². The molecule has 0 aliphatic heterocycles. The number of hydrogen-bond acceptors (Lipinski definition) is 6. The molecule has 134 valence electrons. The zero-order chi connectivity index (χ0) is 18.2. The number of carbonyl (C=O) groups excluding carboxylic acids is 2. The Morgan fingerprint density at radius 2 is 1.96 bits per heavy atom. The van der Waals surface area contributed by atoms with E-state index in [2.05, 4.69) is 11.9 Å². The van der Waals surface area contributed by atoms with Crippen LogP contribution in [-0.4, -0.2) is 29.0 Å². The molecule has 3 rings (SSSR count). The fourth-order valence-electron chi connectivity index (χ4n) is 3.23. The van der Waals surface area contributed by atoms with Gasteiger partial charge in [-0.25, -0.2) is 0 Å². The highest BCUT2D eigenvalue weighted by Crippen LogP contribution is 2.34. The van der Waals surface area contributed by atoms with Crippen LogP contribution in [0.5, 0.6) is 5.75 Å². The lowest BCUT2D eigenvalue weighted by Crippen LogP contribution is -2.25. The van der Waals surface area contributed by atoms with Gasteiger partial charge in [-0.3, -0.25) is 4.98 Å². The van der Waals surface area contributed by atoms with E-state index >= 15 is 0 Å². The predicted molar refractivity (Wildman–Crippen MR) is 94.0 cm³/mol. The van der Waals surface area contributed by atoms with Crippen LogP contribution in [0.15, 0.2) is 24.3 Å². The van der Waals surface area contributed by atoms with Gasteiger partial charge in [-0.2, -0.15) is 9.59 Å². The van der Waals surface area contributed by atoms with Crippen LogP contribution in [-0.2, 0) is 16.0 Å². The number of pyridine rings is 1. The van der Waals surface area contributed by atoms with E-state index in [1.807, 2.05) is 24.3 Å². The van der Waals surface area contributed by atoms with Crippen LogP contribution >= 0.6 is 0 Å². The number of hydrogen-bond donors (Lipinski definition) is 2. The molecular formula is C19H24N2O4. The summed E-state index contributed by atoms with van der Waals surface area (Å²) in [5.41, 5.74) is 8.87. The Labute approximate surface area is 147 Å². The Bertz CT molecular complexity index is 734. The zero-order valence-electron chi connectivity index (χ0n) is 14.4. The normalized spacial score (nSPS) is 19.6. The molecule has 2 aromatic rings. The molecule has 0 radical (unpaired) electrons. The zero-order valence-corrected chi connectivity index (χ0v) is 14.4. The van der Waals surface area contributed by atoms with E-state index < -0.39 is 0 Å². The molecule has 1 heterocycles. The Morgan fingerprint density at radius 1 is 1.28 bits per heavy atom. The van der Waals surface area contributed by atoms with Gasteiger partial charge in [0, 0.05) is 18.0 Å². The topological polar surface area (TPSA) is 103 Å². The molecule has 1 aromatic heterocycles. The highest BCUT2D eigenvalue weighted by molar-refractivity contribution is 5.95. The van der Waals surface area contributed by atoms with Gasteiger partial charge in [0.25, 0.3) is 0 Å². The van der Waals surface area contributed by atoms with Crippen molar-refractivity contribution in [3.8, 4) is 5.75 Å². The van der Waals surface area contributed by atoms with E-state index in [1.54, 1.807) is 0 Å². The third kappa shape index (κ3) is 4.78. The molecule has 25 heavy (non-hydrogen) atoms. The van der Waals surface area contributed by atoms with E-state index in [0.29, 0.717) is 5.92 Å². The summed E-state index contributed by atoms with van der Waals surface area (Å²) in [6.45, 7) is 2.37. The number of nitrogens with two attached hydrogens (primary N) is 1. The van der Waals surface area contributed by atoms with Crippen LogP contribution in [0.4, 0.5) is 5.69 Å².